The Bertz CT molecular complexity index is 989. The lowest BCUT2D eigenvalue weighted by atomic mass is 9.93. The van der Waals surface area contributed by atoms with Gasteiger partial charge in [-0.05, 0) is 49.4 Å². The molecule has 1 aliphatic carbocycles. The fourth-order valence-electron chi connectivity index (χ4n) is 4.29. The Hall–Kier alpha value is -2.08. The summed E-state index contributed by atoms with van der Waals surface area (Å²) in [6.07, 6.45) is 2.60. The monoisotopic (exact) mass is 459 g/mol. The maximum absolute atomic E-state index is 13.4. The number of benzene rings is 2. The normalized spacial score (nSPS) is 20.4. The molecule has 0 radical (unpaired) electrons. The maximum Gasteiger partial charge on any atom is 0.245 e. The van der Waals surface area contributed by atoms with Crippen LogP contribution in [0.3, 0.4) is 0 Å². The quantitative estimate of drug-likeness (QED) is 0.692. The molecule has 2 fully saturated rings. The third-order valence-corrected chi connectivity index (χ3v) is 6.88. The van der Waals surface area contributed by atoms with Gasteiger partial charge in [0.05, 0.1) is 5.41 Å². The molecule has 0 aromatic heterocycles. The van der Waals surface area contributed by atoms with Gasteiger partial charge in [0, 0.05) is 35.6 Å². The summed E-state index contributed by atoms with van der Waals surface area (Å²) in [4.78, 5) is 28.5. The number of aryl methyl sites for hydroxylation is 1. The Morgan fingerprint density at radius 2 is 1.90 bits per heavy atom. The van der Waals surface area contributed by atoms with Crippen molar-refractivity contribution in [3.05, 3.63) is 69.2 Å². The Morgan fingerprint density at radius 3 is 2.48 bits per heavy atom. The van der Waals surface area contributed by atoms with Crippen molar-refractivity contribution in [3.8, 4) is 0 Å². The molecule has 2 atom stereocenters. The van der Waals surface area contributed by atoms with Gasteiger partial charge < -0.3 is 16.0 Å². The van der Waals surface area contributed by atoms with Crippen LogP contribution >= 0.6 is 23.2 Å². The highest BCUT2D eigenvalue weighted by atomic mass is 35.5. The molecule has 4 rings (SSSR count). The molecule has 0 bridgehead atoms. The van der Waals surface area contributed by atoms with E-state index in [4.69, 9.17) is 28.9 Å². The molecular formula is C24H27Cl2N3O2. The van der Waals surface area contributed by atoms with Crippen LogP contribution < -0.4 is 11.1 Å². The molecule has 1 saturated carbocycles. The van der Waals surface area contributed by atoms with Gasteiger partial charge in [-0.1, -0.05) is 59.1 Å². The number of carbonyl (C=O) groups excluding carboxylic acids is 2. The summed E-state index contributed by atoms with van der Waals surface area (Å²) in [5.41, 5.74) is 8.23. The van der Waals surface area contributed by atoms with Gasteiger partial charge in [0.1, 0.15) is 6.04 Å². The second-order valence-electron chi connectivity index (χ2n) is 8.76. The van der Waals surface area contributed by atoms with Crippen LogP contribution in [0.5, 0.6) is 0 Å². The molecule has 1 saturated heterocycles. The van der Waals surface area contributed by atoms with Crippen molar-refractivity contribution in [2.24, 2.45) is 5.73 Å². The van der Waals surface area contributed by atoms with Gasteiger partial charge >= 0.3 is 0 Å². The Balaban J connectivity index is 1.56. The van der Waals surface area contributed by atoms with Crippen LogP contribution in [0, 0.1) is 6.92 Å². The number of amides is 2. The highest BCUT2D eigenvalue weighted by Crippen LogP contribution is 2.51. The smallest absolute Gasteiger partial charge is 0.245 e. The zero-order chi connectivity index (χ0) is 22.2. The number of nitrogens with one attached hydrogen (secondary N) is 1. The van der Waals surface area contributed by atoms with Crippen LogP contribution in [-0.2, 0) is 21.4 Å². The average Bonchev–Trinajstić information content (AvgIpc) is 3.42. The van der Waals surface area contributed by atoms with E-state index in [-0.39, 0.29) is 17.9 Å². The topological polar surface area (TPSA) is 75.4 Å². The van der Waals surface area contributed by atoms with E-state index >= 15 is 0 Å². The molecule has 3 N–H and O–H groups in total. The van der Waals surface area contributed by atoms with Crippen LogP contribution in [0.1, 0.15) is 36.0 Å². The number of carbonyl (C=O) groups is 2. The molecule has 2 aromatic rings. The molecular weight excluding hydrogens is 433 g/mol. The summed E-state index contributed by atoms with van der Waals surface area (Å²) in [7, 11) is 0. The predicted octanol–water partition coefficient (Wildman–Crippen LogP) is 3.62. The first kappa shape index (κ1) is 22.1. The van der Waals surface area contributed by atoms with Crippen molar-refractivity contribution in [1.82, 2.24) is 10.2 Å². The Morgan fingerprint density at radius 1 is 1.19 bits per heavy atom. The van der Waals surface area contributed by atoms with E-state index in [0.717, 1.165) is 23.1 Å². The van der Waals surface area contributed by atoms with E-state index in [0.29, 0.717) is 42.4 Å². The van der Waals surface area contributed by atoms with Crippen molar-refractivity contribution >= 4 is 35.0 Å². The number of likely N-dealkylation sites (tertiary alicyclic amines) is 1. The largest absolute Gasteiger partial charge is 0.343 e. The van der Waals surface area contributed by atoms with Crippen LogP contribution in [0.4, 0.5) is 0 Å². The number of hydrogen-bond acceptors (Lipinski definition) is 3. The first-order valence-corrected chi connectivity index (χ1v) is 11.4. The zero-order valence-corrected chi connectivity index (χ0v) is 19.0. The van der Waals surface area contributed by atoms with Gasteiger partial charge in [0.25, 0.3) is 0 Å². The average molecular weight is 460 g/mol. The molecule has 2 aromatic carbocycles. The molecule has 2 aliphatic rings. The van der Waals surface area contributed by atoms with Crippen LogP contribution in [0.25, 0.3) is 0 Å². The fourth-order valence-corrected chi connectivity index (χ4v) is 4.87. The third kappa shape index (κ3) is 4.74. The molecule has 1 aliphatic heterocycles. The molecule has 2 unspecified atom stereocenters. The minimum Gasteiger partial charge on any atom is -0.343 e. The second kappa shape index (κ2) is 8.81. The first-order chi connectivity index (χ1) is 14.8. The van der Waals surface area contributed by atoms with E-state index < -0.39 is 11.5 Å². The SMILES string of the molecule is Cc1ccc(CC(NC(=O)C2(c3ccc(Cl)cc3Cl)CC2)C(=O)N2CCC(N)C2)cc1. The van der Waals surface area contributed by atoms with Gasteiger partial charge in [-0.3, -0.25) is 9.59 Å². The fraction of sp³-hybridized carbons (Fsp3) is 0.417. The van der Waals surface area contributed by atoms with Gasteiger partial charge in [0.2, 0.25) is 11.8 Å². The summed E-state index contributed by atoms with van der Waals surface area (Å²) >= 11 is 12.4. The lowest BCUT2D eigenvalue weighted by Crippen LogP contribution is -2.52. The van der Waals surface area contributed by atoms with Crippen molar-refractivity contribution in [2.45, 2.75) is 50.1 Å². The summed E-state index contributed by atoms with van der Waals surface area (Å²) in [6, 6.07) is 12.6. The van der Waals surface area contributed by atoms with Gasteiger partial charge in [-0.25, -0.2) is 0 Å². The molecule has 2 amide bonds. The molecule has 1 heterocycles. The lowest BCUT2D eigenvalue weighted by molar-refractivity contribution is -0.136. The van der Waals surface area contributed by atoms with Crippen molar-refractivity contribution in [2.75, 3.05) is 13.1 Å². The van der Waals surface area contributed by atoms with Gasteiger partial charge in [-0.15, -0.1) is 0 Å². The summed E-state index contributed by atoms with van der Waals surface area (Å²) in [6.45, 7) is 3.16. The zero-order valence-electron chi connectivity index (χ0n) is 17.5. The van der Waals surface area contributed by atoms with E-state index in [2.05, 4.69) is 5.32 Å². The molecule has 0 spiro atoms. The highest BCUT2D eigenvalue weighted by Gasteiger charge is 2.53. The Labute approximate surface area is 192 Å². The second-order valence-corrected chi connectivity index (χ2v) is 9.60. The summed E-state index contributed by atoms with van der Waals surface area (Å²) in [5, 5.41) is 4.06. The van der Waals surface area contributed by atoms with Crippen LogP contribution in [0.2, 0.25) is 10.0 Å². The highest BCUT2D eigenvalue weighted by molar-refractivity contribution is 6.35. The Kier molecular flexibility index (Phi) is 6.29. The first-order valence-electron chi connectivity index (χ1n) is 10.6. The van der Waals surface area contributed by atoms with Crippen LogP contribution in [-0.4, -0.2) is 41.9 Å². The van der Waals surface area contributed by atoms with Crippen molar-refractivity contribution < 1.29 is 9.59 Å². The van der Waals surface area contributed by atoms with E-state index in [1.54, 1.807) is 17.0 Å². The summed E-state index contributed by atoms with van der Waals surface area (Å²) < 4.78 is 0. The molecule has 7 heteroatoms. The summed E-state index contributed by atoms with van der Waals surface area (Å²) in [5.74, 6) is -0.245. The number of nitrogens with zero attached hydrogens (tertiary/aromatic N) is 1. The van der Waals surface area contributed by atoms with E-state index in [9.17, 15) is 9.59 Å². The van der Waals surface area contributed by atoms with E-state index in [1.807, 2.05) is 37.3 Å². The number of rotatable bonds is 6. The predicted molar refractivity (Wildman–Crippen MR) is 123 cm³/mol. The lowest BCUT2D eigenvalue weighted by Gasteiger charge is -2.27. The minimum atomic E-state index is -0.700. The van der Waals surface area contributed by atoms with Gasteiger partial charge in [0.15, 0.2) is 0 Å². The number of nitrogens with two attached hydrogens (primary N) is 1. The molecule has 31 heavy (non-hydrogen) atoms. The maximum atomic E-state index is 13.4. The number of halogens is 2. The van der Waals surface area contributed by atoms with Crippen LogP contribution in [0.15, 0.2) is 42.5 Å². The minimum absolute atomic E-state index is 0.0117. The molecule has 5 nitrogen and oxygen atoms in total. The number of hydrogen-bond donors (Lipinski definition) is 2. The van der Waals surface area contributed by atoms with Crippen molar-refractivity contribution in [1.29, 1.82) is 0 Å². The van der Waals surface area contributed by atoms with Crippen molar-refractivity contribution in [3.63, 3.8) is 0 Å². The van der Waals surface area contributed by atoms with Gasteiger partial charge in [-0.2, -0.15) is 0 Å². The molecule has 164 valence electrons. The standard InChI is InChI=1S/C24H27Cl2N3O2/c1-15-2-4-16(5-3-15)12-21(22(30)29-11-8-18(27)14-29)28-23(31)24(9-10-24)19-7-6-17(25)13-20(19)26/h2-7,13,18,21H,8-12,14,27H2,1H3,(H,28,31). The third-order valence-electron chi connectivity index (χ3n) is 6.33. The van der Waals surface area contributed by atoms with E-state index in [1.165, 1.54) is 0 Å².